The van der Waals surface area contributed by atoms with Crippen molar-refractivity contribution in [2.75, 3.05) is 106 Å². The molecule has 42 heteroatoms. The minimum atomic E-state index is -5.00. The Morgan fingerprint density at radius 3 is 0.440 bits per heavy atom. The monoisotopic (exact) mass is 1550 g/mol. The first-order valence-corrected chi connectivity index (χ1v) is 29.7. The molecule has 0 aromatic heterocycles. The van der Waals surface area contributed by atoms with E-state index >= 15 is 0 Å². The van der Waals surface area contributed by atoms with Gasteiger partial charge in [0.2, 0.25) is 0 Å². The molecule has 6 rings (SSSR count). The number of rotatable bonds is 2. The molecule has 21 nitrogen and oxygen atoms in total. The van der Waals surface area contributed by atoms with Gasteiger partial charge >= 0.3 is 44.9 Å². The molecule has 0 amide bonds. The summed E-state index contributed by atoms with van der Waals surface area (Å²) in [5.74, 6) is 2.29. The van der Waals surface area contributed by atoms with Crippen LogP contribution < -0.4 is 76.6 Å². The summed E-state index contributed by atoms with van der Waals surface area (Å²) in [6.07, 6.45) is 17.0. The molecule has 0 saturated heterocycles. The summed E-state index contributed by atoms with van der Waals surface area (Å²) in [6.45, 7) is -1.90. The first-order valence-electron chi connectivity index (χ1n) is 29.7. The Morgan fingerprint density at radius 1 is 0.240 bits per heavy atom. The second kappa shape index (κ2) is 139. The first kappa shape index (κ1) is 151. The number of aliphatic hydroxyl groups is 6. The zero-order valence-electron chi connectivity index (χ0n) is 60.1. The van der Waals surface area contributed by atoms with Crippen LogP contribution in [0.2, 0.25) is 0 Å². The van der Waals surface area contributed by atoms with Crippen LogP contribution >= 0.6 is 0 Å². The number of alkyl halides is 21. The van der Waals surface area contributed by atoms with Gasteiger partial charge < -0.3 is 107 Å². The largest absolute Gasteiger partial charge is 0.857 e. The molecule has 0 heterocycles. The Bertz CT molecular complexity index is 876. The third-order valence-electron chi connectivity index (χ3n) is 10.2. The minimum Gasteiger partial charge on any atom is -0.857 e. The second-order valence-electron chi connectivity index (χ2n) is 16.7. The molecule has 2 atom stereocenters. The Hall–Kier alpha value is -2.31. The lowest BCUT2D eigenvalue weighted by Crippen LogP contribution is -2.28. The Kier molecular flexibility index (Phi) is 211. The summed E-state index contributed by atoms with van der Waals surface area (Å²) >= 11 is 0. The van der Waals surface area contributed by atoms with E-state index in [2.05, 4.69) is 0 Å². The molecule has 6 N–H and O–H groups in total. The zero-order chi connectivity index (χ0) is 85.4. The quantitative estimate of drug-likeness (QED) is 0.215. The van der Waals surface area contributed by atoms with Gasteiger partial charge in [0.1, 0.15) is 0 Å². The van der Waals surface area contributed by atoms with Gasteiger partial charge in [0.25, 0.3) is 0 Å². The fourth-order valence-corrected chi connectivity index (χ4v) is 7.70. The average molecular weight is 1550 g/mol. The maximum Gasteiger partial charge on any atom is 0.519 e. The van der Waals surface area contributed by atoms with Crippen LogP contribution in [-0.2, 0) is 0 Å². The topological polar surface area (TPSA) is 467 Å². The Labute approximate surface area is 579 Å². The normalized spacial score (nSPS) is 15.4. The van der Waals surface area contributed by atoms with Gasteiger partial charge in [-0.1, -0.05) is 212 Å². The SMILES string of the molecule is C1CCCCC1.C1CCCCC1.C1CCCCC1.C1CCCCC1.CC[O-].C[O-].C[O-].C[O-].C[O-].C[O-].C[O-].C[O-].C[O-].C[O-].C[O-].C[O-].C[O-].C[O-].FC(F)F.OC(F)(F)F.OC(F)(F)F.OC(F)(F)F.OC(F)(F)F.OC(F)(F)F.OC(F)(F)F.[O-]CC1CCCC1C1CCCCC1. The summed E-state index contributed by atoms with van der Waals surface area (Å²) in [7, 11) is 9.75. The van der Waals surface area contributed by atoms with E-state index in [-0.39, 0.29) is 13.2 Å². The lowest BCUT2D eigenvalue weighted by Gasteiger charge is -2.33. The van der Waals surface area contributed by atoms with E-state index < -0.39 is 44.9 Å². The molecule has 640 valence electrons. The van der Waals surface area contributed by atoms with Crippen LogP contribution in [0.4, 0.5) is 92.2 Å². The molecule has 0 aromatic carbocycles. The highest BCUT2D eigenvalue weighted by Gasteiger charge is 2.32. The van der Waals surface area contributed by atoms with Gasteiger partial charge in [-0.25, -0.2) is 0 Å². The molecule has 6 aliphatic rings. The maximum absolute atomic E-state index is 11.0. The van der Waals surface area contributed by atoms with Crippen molar-refractivity contribution >= 4 is 0 Å². The standard InChI is InChI=1S/C12H21O.4C6H12.C2H5O.6CHF3O.CHF3.13CH3O/c13-9-11-7-4-8-12(11)10-5-2-1-3-6-10;4*1-2-4-6-5-3-1;1-2-3;6*2-1(3,4)5;2-1(3)4;13*1-2/h10-12H,1-9H2;4*1-6H2;2H2,1H3;6*5H;1H;13*1H3/q-1;;;;;-1;;;;;;;;13*-1. The molecule has 6 saturated carbocycles. The van der Waals surface area contributed by atoms with Crippen molar-refractivity contribution in [3.8, 4) is 0 Å². The van der Waals surface area contributed by atoms with E-state index in [0.29, 0.717) is 5.92 Å². The van der Waals surface area contributed by atoms with Crippen molar-refractivity contribution < 1.29 is 199 Å². The van der Waals surface area contributed by atoms with E-state index in [1.165, 1.54) is 205 Å². The third kappa shape index (κ3) is 411. The lowest BCUT2D eigenvalue weighted by atomic mass is 9.76. The molecule has 2 unspecified atom stereocenters. The summed E-state index contributed by atoms with van der Waals surface area (Å²) < 4.78 is 207. The van der Waals surface area contributed by atoms with Crippen LogP contribution in [0.1, 0.15) is 212 Å². The molecule has 0 aliphatic heterocycles. The second-order valence-corrected chi connectivity index (χ2v) is 16.7. The van der Waals surface area contributed by atoms with Crippen molar-refractivity contribution in [3.05, 3.63) is 0 Å². The molecule has 0 radical (unpaired) electrons. The lowest BCUT2D eigenvalue weighted by molar-refractivity contribution is -0.381. The van der Waals surface area contributed by atoms with E-state index in [4.69, 9.17) is 102 Å². The smallest absolute Gasteiger partial charge is 0.519 e. The Morgan fingerprint density at radius 2 is 0.340 bits per heavy atom. The van der Waals surface area contributed by atoms with E-state index in [0.717, 1.165) is 104 Å². The van der Waals surface area contributed by atoms with Crippen LogP contribution in [0.5, 0.6) is 0 Å². The molecule has 0 bridgehead atoms. The van der Waals surface area contributed by atoms with Crippen LogP contribution in [0, 0.1) is 17.8 Å². The highest BCUT2D eigenvalue weighted by atomic mass is 19.4. The molecule has 0 aromatic rings. The number of hydrogen-bond acceptors (Lipinski definition) is 21. The fourth-order valence-electron chi connectivity index (χ4n) is 7.70. The van der Waals surface area contributed by atoms with E-state index in [1.54, 1.807) is 6.92 Å². The molecular formula is C58H120F21O21-15. The van der Waals surface area contributed by atoms with Crippen molar-refractivity contribution in [2.45, 2.75) is 257 Å². The van der Waals surface area contributed by atoms with Crippen LogP contribution in [0.15, 0.2) is 0 Å². The maximum atomic E-state index is 11.0. The number of halogens is 21. The summed E-state index contributed by atoms with van der Waals surface area (Å²) in [4.78, 5) is 0. The van der Waals surface area contributed by atoms with Crippen molar-refractivity contribution in [1.82, 2.24) is 0 Å². The van der Waals surface area contributed by atoms with Crippen molar-refractivity contribution in [2.24, 2.45) is 17.8 Å². The first-order chi connectivity index (χ1) is 46.6. The van der Waals surface area contributed by atoms with Gasteiger partial charge in [-0.05, 0) is 18.3 Å². The minimum absolute atomic E-state index is 0. The van der Waals surface area contributed by atoms with Gasteiger partial charge in [0, 0.05) is 0 Å². The fraction of sp³-hybridized carbons (Fsp3) is 1.00. The van der Waals surface area contributed by atoms with Crippen LogP contribution in [0.25, 0.3) is 0 Å². The highest BCUT2D eigenvalue weighted by Crippen LogP contribution is 2.42. The van der Waals surface area contributed by atoms with Crippen molar-refractivity contribution in [3.63, 3.8) is 0 Å². The van der Waals surface area contributed by atoms with Gasteiger partial charge in [-0.2, -0.15) is 106 Å². The predicted molar refractivity (Wildman–Crippen MR) is 307 cm³/mol. The average Bonchev–Trinajstić information content (AvgIpc) is 1.70. The molecule has 0 spiro atoms. The van der Waals surface area contributed by atoms with E-state index in [1.807, 2.05) is 0 Å². The van der Waals surface area contributed by atoms with Crippen molar-refractivity contribution in [1.29, 1.82) is 0 Å². The van der Waals surface area contributed by atoms with Crippen LogP contribution in [-0.4, -0.2) is 181 Å². The van der Waals surface area contributed by atoms with Gasteiger partial charge in [0.15, 0.2) is 0 Å². The Balaban J connectivity index is -0.0000000379. The summed E-state index contributed by atoms with van der Waals surface area (Å²) in [5.41, 5.74) is 0. The van der Waals surface area contributed by atoms with Gasteiger partial charge in [0.05, 0.1) is 0 Å². The van der Waals surface area contributed by atoms with E-state index in [9.17, 15) is 97.3 Å². The molecule has 6 fully saturated rings. The van der Waals surface area contributed by atoms with Crippen LogP contribution in [0.3, 0.4) is 0 Å². The highest BCUT2D eigenvalue weighted by molar-refractivity contribution is 4.83. The predicted octanol–water partition coefficient (Wildman–Crippen LogP) is 1.94. The van der Waals surface area contributed by atoms with Gasteiger partial charge in [-0.3, -0.25) is 0 Å². The number of hydrogen-bond donors (Lipinski definition) is 6. The summed E-state index contributed by atoms with van der Waals surface area (Å²) in [6, 6.07) is 0. The zero-order valence-corrected chi connectivity index (χ0v) is 60.1. The molecule has 100 heavy (non-hydrogen) atoms. The summed E-state index contributed by atoms with van der Waals surface area (Å²) in [5, 5.41) is 166. The molecule has 6 aliphatic carbocycles. The van der Waals surface area contributed by atoms with Gasteiger partial charge in [-0.15, -0.1) is 92.2 Å². The molecular weight excluding hydrogens is 1430 g/mol. The third-order valence-corrected chi connectivity index (χ3v) is 10.2.